The Morgan fingerprint density at radius 1 is 0.570 bits per heavy atom. The summed E-state index contributed by atoms with van der Waals surface area (Å²) in [6.07, 6.45) is -31.5. The van der Waals surface area contributed by atoms with Crippen LogP contribution in [-0.2, 0) is 42.7 Å². The molecule has 4 saturated heterocycles. The molecule has 454 valence electrons. The van der Waals surface area contributed by atoms with Gasteiger partial charge in [0.15, 0.2) is 31.3 Å². The summed E-state index contributed by atoms with van der Waals surface area (Å²) in [7, 11) is 0. The molecule has 9 aliphatic rings. The first-order valence-corrected chi connectivity index (χ1v) is 28.1. The number of ether oxygens (including phenoxy) is 8. The summed E-state index contributed by atoms with van der Waals surface area (Å²) in [6, 6.07) is 0. The molecule has 0 aromatic carbocycles. The van der Waals surface area contributed by atoms with Crippen molar-refractivity contribution in [2.24, 2.45) is 50.2 Å². The van der Waals surface area contributed by atoms with E-state index in [4.69, 9.17) is 37.9 Å². The van der Waals surface area contributed by atoms with E-state index in [1.807, 2.05) is 13.8 Å². The minimum absolute atomic E-state index is 0.0271. The van der Waals surface area contributed by atoms with Gasteiger partial charge in [0, 0.05) is 16.2 Å². The Kier molecular flexibility index (Phi) is 17.4. The van der Waals surface area contributed by atoms with Gasteiger partial charge in [-0.05, 0) is 92.3 Å². The van der Waals surface area contributed by atoms with Gasteiger partial charge in [0.2, 0.25) is 0 Å². The largest absolute Gasteiger partial charge is 0.479 e. The topological polar surface area (TPSA) is 415 Å². The third kappa shape index (κ3) is 9.70. The Morgan fingerprint density at radius 2 is 1.13 bits per heavy atom. The van der Waals surface area contributed by atoms with Crippen LogP contribution in [0.1, 0.15) is 99.8 Å². The summed E-state index contributed by atoms with van der Waals surface area (Å²) >= 11 is 0. The number of carboxylic acid groups (broad SMARTS) is 1. The predicted molar refractivity (Wildman–Crippen MR) is 266 cm³/mol. The molecule has 8 fully saturated rings. The number of hydrogen-bond donors (Lipinski definition) is 16. The smallest absolute Gasteiger partial charge is 0.335 e. The summed E-state index contributed by atoms with van der Waals surface area (Å²) < 4.78 is 48.6. The highest BCUT2D eigenvalue weighted by Crippen LogP contribution is 2.76. The molecule has 4 aliphatic heterocycles. The van der Waals surface area contributed by atoms with Crippen LogP contribution in [0.3, 0.4) is 0 Å². The second-order valence-electron chi connectivity index (χ2n) is 26.2. The van der Waals surface area contributed by atoms with Gasteiger partial charge in [-0.1, -0.05) is 53.2 Å². The molecule has 32 atom stereocenters. The molecular weight excluding hydrogens is 1050 g/mol. The van der Waals surface area contributed by atoms with Gasteiger partial charge in [-0.15, -0.1) is 0 Å². The molecule has 9 rings (SSSR count). The number of hydrogen-bond acceptors (Lipinski definition) is 24. The van der Waals surface area contributed by atoms with Crippen LogP contribution in [0, 0.1) is 50.2 Å². The van der Waals surface area contributed by atoms with Crippen molar-refractivity contribution in [3.05, 3.63) is 11.6 Å². The van der Waals surface area contributed by atoms with Crippen LogP contribution in [0.15, 0.2) is 11.6 Å². The van der Waals surface area contributed by atoms with Crippen LogP contribution in [0.25, 0.3) is 0 Å². The van der Waals surface area contributed by atoms with Gasteiger partial charge in [0.05, 0.1) is 50.8 Å². The van der Waals surface area contributed by atoms with Crippen LogP contribution in [0.4, 0.5) is 0 Å². The minimum atomic E-state index is -2.13. The second-order valence-corrected chi connectivity index (χ2v) is 26.2. The molecule has 4 saturated carbocycles. The summed E-state index contributed by atoms with van der Waals surface area (Å²) in [5, 5.41) is 174. The standard InChI is InChI=1S/C54H88O25/c1-21-29(59)32(62)37(67)45(72-21)77-40-34(64)31(61)25(18-56)74-47(40)78-41-36(66)35(65)39(44(70)71)76-48(41)75-28-11-12-51(4)26(52(28,5)20-58)10-13-54(7)27(51)9-8-22-23-16-49(2,19-57)42(69)43(50(23,3)14-15-53(22,54)6)79-46-38(68)33(63)30(60)24(17-55)73-46/h8,21,23-43,45-48,55-69H,9-20H2,1-7H3,(H,70,71)/t21-,23-,24+,25+,26+,27+,28-,29-,30+,31+,32+,33-,34-,35-,36-,37+,38+,39-,40+,41+,42+,43+,45-,46-,47-,48+,49+,50+,51-,52+,53+,54+/m0/s1. The van der Waals surface area contributed by atoms with Crippen LogP contribution >= 0.6 is 0 Å². The number of carboxylic acids is 1. The van der Waals surface area contributed by atoms with Gasteiger partial charge in [-0.25, -0.2) is 4.79 Å². The van der Waals surface area contributed by atoms with Gasteiger partial charge in [0.1, 0.15) is 85.5 Å². The zero-order valence-corrected chi connectivity index (χ0v) is 45.9. The Balaban J connectivity index is 0.991. The lowest BCUT2D eigenvalue weighted by atomic mass is 9.33. The molecule has 0 aromatic heterocycles. The van der Waals surface area contributed by atoms with Crippen LogP contribution in [0.5, 0.6) is 0 Å². The summed E-state index contributed by atoms with van der Waals surface area (Å²) in [6.45, 7) is 11.6. The molecule has 0 spiro atoms. The van der Waals surface area contributed by atoms with Crippen LogP contribution in [0.2, 0.25) is 0 Å². The Labute approximate surface area is 458 Å². The normalized spacial score (nSPS) is 56.8. The molecule has 25 heteroatoms. The van der Waals surface area contributed by atoms with E-state index >= 15 is 0 Å². The lowest BCUT2D eigenvalue weighted by Crippen LogP contribution is -2.69. The molecule has 0 radical (unpaired) electrons. The van der Waals surface area contributed by atoms with Crippen molar-refractivity contribution in [1.29, 1.82) is 0 Å². The summed E-state index contributed by atoms with van der Waals surface area (Å²) in [5.41, 5.74) is -3.01. The Hall–Kier alpha value is -1.71. The fourth-order valence-electron chi connectivity index (χ4n) is 16.7. The number of fused-ring (bicyclic) bond motifs is 7. The number of aliphatic hydroxyl groups excluding tert-OH is 15. The van der Waals surface area contributed by atoms with E-state index in [2.05, 4.69) is 26.8 Å². The van der Waals surface area contributed by atoms with E-state index in [1.54, 1.807) is 6.92 Å². The SMILES string of the molecule is C[C@@H]1O[C@@H](O[C@H]2[C@H](O[C@H]3[C@H](O[C@H]4CC[C@@]5(C)[C@@H](CC[C@]6(C)[C@@H]5CC=C5[C@@H]7C[C@](C)(CO)[C@H](O)[C@@H](O[C@@H]8O[C@H](CO)[C@@H](O)[C@H](O)[C@H]8O)[C@]7(C)CC[C@]56C)[C@@]4(C)CO)O[C@H](C(=O)O)[C@@H](O)[C@@H]3O)O[C@H](CO)[C@@H](O)[C@@H]2O)[C@H](O)[C@H](O)[C@H]1O. The van der Waals surface area contributed by atoms with E-state index in [1.165, 1.54) is 12.5 Å². The zero-order valence-electron chi connectivity index (χ0n) is 45.9. The number of carbonyl (C=O) groups is 1. The van der Waals surface area contributed by atoms with Crippen LogP contribution in [-0.4, -0.2) is 255 Å². The number of aliphatic carboxylic acids is 1. The van der Waals surface area contributed by atoms with Crippen molar-refractivity contribution in [2.45, 2.75) is 241 Å². The van der Waals surface area contributed by atoms with Crippen molar-refractivity contribution in [2.75, 3.05) is 26.4 Å². The van der Waals surface area contributed by atoms with E-state index in [0.29, 0.717) is 44.9 Å². The average Bonchev–Trinajstić information content (AvgIpc) is 3.60. The molecule has 16 N–H and O–H groups in total. The van der Waals surface area contributed by atoms with E-state index in [9.17, 15) is 86.5 Å². The third-order valence-electron chi connectivity index (χ3n) is 22.1. The van der Waals surface area contributed by atoms with E-state index in [0.717, 1.165) is 0 Å². The predicted octanol–water partition coefficient (Wildman–Crippen LogP) is -3.53. The number of rotatable bonds is 13. The van der Waals surface area contributed by atoms with Crippen molar-refractivity contribution >= 4 is 5.97 Å². The molecule has 0 aromatic rings. The average molecular weight is 1140 g/mol. The lowest BCUT2D eigenvalue weighted by Gasteiger charge is -2.72. The van der Waals surface area contributed by atoms with Crippen molar-refractivity contribution in [3.8, 4) is 0 Å². The molecule has 25 nitrogen and oxygen atoms in total. The van der Waals surface area contributed by atoms with E-state index < -0.39 is 201 Å². The maximum atomic E-state index is 12.6. The van der Waals surface area contributed by atoms with Crippen LogP contribution < -0.4 is 0 Å². The molecule has 0 bridgehead atoms. The third-order valence-corrected chi connectivity index (χ3v) is 22.1. The van der Waals surface area contributed by atoms with Gasteiger partial charge in [-0.3, -0.25) is 0 Å². The van der Waals surface area contributed by atoms with Crippen molar-refractivity contribution in [1.82, 2.24) is 0 Å². The molecule has 4 heterocycles. The maximum Gasteiger partial charge on any atom is 0.335 e. The monoisotopic (exact) mass is 1140 g/mol. The summed E-state index contributed by atoms with van der Waals surface area (Å²) in [4.78, 5) is 12.6. The molecule has 0 unspecified atom stereocenters. The van der Waals surface area contributed by atoms with E-state index in [-0.39, 0.29) is 29.6 Å². The lowest BCUT2D eigenvalue weighted by molar-refractivity contribution is -0.396. The summed E-state index contributed by atoms with van der Waals surface area (Å²) in [5.74, 6) is -2.10. The van der Waals surface area contributed by atoms with Gasteiger partial charge < -0.3 is 120 Å². The Bertz CT molecular complexity index is 2190. The van der Waals surface area contributed by atoms with Gasteiger partial charge >= 0.3 is 5.97 Å². The number of allylic oxidation sites excluding steroid dienone is 2. The fourth-order valence-corrected chi connectivity index (χ4v) is 16.7. The van der Waals surface area contributed by atoms with Gasteiger partial charge in [-0.2, -0.15) is 0 Å². The molecular formula is C54H88O25. The quantitative estimate of drug-likeness (QED) is 0.0628. The highest BCUT2D eigenvalue weighted by Gasteiger charge is 2.71. The molecule has 0 amide bonds. The highest BCUT2D eigenvalue weighted by molar-refractivity contribution is 5.73. The highest BCUT2D eigenvalue weighted by atomic mass is 16.8. The first kappa shape index (κ1) is 61.8. The number of aliphatic hydroxyl groups is 15. The van der Waals surface area contributed by atoms with Crippen molar-refractivity contribution in [3.63, 3.8) is 0 Å². The minimum Gasteiger partial charge on any atom is -0.479 e. The second kappa shape index (κ2) is 22.3. The van der Waals surface area contributed by atoms with Gasteiger partial charge in [0.25, 0.3) is 0 Å². The molecule has 5 aliphatic carbocycles. The Morgan fingerprint density at radius 3 is 1.72 bits per heavy atom. The zero-order chi connectivity index (χ0) is 58.0. The fraction of sp³-hybridized carbons (Fsp3) is 0.944. The first-order valence-electron chi connectivity index (χ1n) is 28.1. The van der Waals surface area contributed by atoms with Crippen molar-refractivity contribution < 1.29 is 124 Å². The molecule has 79 heavy (non-hydrogen) atoms. The first-order chi connectivity index (χ1) is 37.0. The maximum absolute atomic E-state index is 12.6.